The summed E-state index contributed by atoms with van der Waals surface area (Å²) in [6, 6.07) is 8.00. The summed E-state index contributed by atoms with van der Waals surface area (Å²) >= 11 is 0. The molecule has 0 atom stereocenters. The van der Waals surface area contributed by atoms with Crippen LogP contribution in [-0.2, 0) is 23.2 Å². The van der Waals surface area contributed by atoms with Crippen molar-refractivity contribution in [2.45, 2.75) is 18.0 Å². The average molecular weight is 294 g/mol. The van der Waals surface area contributed by atoms with E-state index in [4.69, 9.17) is 5.11 Å². The van der Waals surface area contributed by atoms with Gasteiger partial charge in [0.15, 0.2) is 0 Å². The maximum Gasteiger partial charge on any atom is 0.246 e. The van der Waals surface area contributed by atoms with E-state index in [0.29, 0.717) is 0 Å². The molecule has 0 fully saturated rings. The van der Waals surface area contributed by atoms with Crippen molar-refractivity contribution in [3.63, 3.8) is 0 Å². The summed E-state index contributed by atoms with van der Waals surface area (Å²) in [6.07, 6.45) is 2.52. The molecule has 0 saturated heterocycles. The number of aliphatic hydroxyl groups excluding tert-OH is 1. The number of hydrogen-bond donors (Lipinski definition) is 3. The minimum absolute atomic E-state index is 0.0641. The van der Waals surface area contributed by atoms with E-state index in [0.717, 1.165) is 23.4 Å². The molecule has 0 aliphatic carbocycles. The van der Waals surface area contributed by atoms with Gasteiger partial charge >= 0.3 is 0 Å². The van der Waals surface area contributed by atoms with Crippen LogP contribution < -0.4 is 10.2 Å². The van der Waals surface area contributed by atoms with Gasteiger partial charge < -0.3 is 10.1 Å². The van der Waals surface area contributed by atoms with Crippen LogP contribution in [0.2, 0.25) is 0 Å². The second kappa shape index (κ2) is 6.00. The molecule has 0 bridgehead atoms. The second-order valence-corrected chi connectivity index (χ2v) is 5.91. The molecule has 6 nitrogen and oxygen atoms in total. The third kappa shape index (κ3) is 3.32. The van der Waals surface area contributed by atoms with Gasteiger partial charge in [-0.1, -0.05) is 24.3 Å². The van der Waals surface area contributed by atoms with Gasteiger partial charge in [0.1, 0.15) is 4.90 Å². The third-order valence-electron chi connectivity index (χ3n) is 2.75. The number of hydrogen-bond acceptors (Lipinski definition) is 4. The van der Waals surface area contributed by atoms with Crippen LogP contribution in [0.5, 0.6) is 0 Å². The van der Waals surface area contributed by atoms with Gasteiger partial charge in [-0.2, -0.15) is 0 Å². The van der Waals surface area contributed by atoms with Crippen molar-refractivity contribution in [1.29, 1.82) is 0 Å². The number of sulfonamides is 1. The monoisotopic (exact) mass is 294 g/mol. The van der Waals surface area contributed by atoms with E-state index < -0.39 is 15.5 Å². The van der Waals surface area contributed by atoms with E-state index in [1.165, 1.54) is 6.20 Å². The van der Waals surface area contributed by atoms with E-state index in [-0.39, 0.29) is 18.0 Å². The van der Waals surface area contributed by atoms with Crippen LogP contribution in [0.3, 0.4) is 0 Å². The normalized spacial score (nSPS) is 11.4. The number of aliphatic hydroxyl groups is 1. The lowest BCUT2D eigenvalue weighted by Crippen LogP contribution is -2.27. The van der Waals surface area contributed by atoms with Crippen molar-refractivity contribution in [1.82, 2.24) is 9.71 Å². The topological polar surface area (TPSA) is 99.3 Å². The number of aromatic nitrogens is 1. The van der Waals surface area contributed by atoms with E-state index in [2.05, 4.69) is 9.71 Å². The van der Waals surface area contributed by atoms with Crippen molar-refractivity contribution in [3.05, 3.63) is 64.1 Å². The summed E-state index contributed by atoms with van der Waals surface area (Å²) in [4.78, 5) is 13.8. The Hall–Kier alpha value is -1.96. The van der Waals surface area contributed by atoms with Crippen LogP contribution in [0.1, 0.15) is 11.1 Å². The van der Waals surface area contributed by atoms with E-state index in [1.54, 1.807) is 24.3 Å². The summed E-state index contributed by atoms with van der Waals surface area (Å²) in [5, 5.41) is 8.92. The molecule has 0 unspecified atom stereocenters. The van der Waals surface area contributed by atoms with Gasteiger partial charge in [0.05, 0.1) is 6.61 Å². The number of benzene rings is 1. The first-order chi connectivity index (χ1) is 9.53. The molecule has 1 aromatic heterocycles. The predicted octanol–water partition coefficient (Wildman–Crippen LogP) is 0.346. The first-order valence-electron chi connectivity index (χ1n) is 5.88. The zero-order chi connectivity index (χ0) is 14.6. The first-order valence-corrected chi connectivity index (χ1v) is 7.37. The Kier molecular flexibility index (Phi) is 4.33. The Morgan fingerprint density at radius 1 is 1.10 bits per heavy atom. The zero-order valence-electron chi connectivity index (χ0n) is 10.5. The van der Waals surface area contributed by atoms with Crippen molar-refractivity contribution in [3.8, 4) is 0 Å². The minimum atomic E-state index is -3.85. The van der Waals surface area contributed by atoms with Crippen LogP contribution >= 0.6 is 0 Å². The molecular formula is C13H14N2O4S. The van der Waals surface area contributed by atoms with E-state index in [1.807, 2.05) is 0 Å². The maximum atomic E-state index is 12.0. The molecule has 0 spiro atoms. The van der Waals surface area contributed by atoms with Crippen molar-refractivity contribution < 1.29 is 13.5 Å². The summed E-state index contributed by atoms with van der Waals surface area (Å²) in [6.45, 7) is 0.00771. The lowest BCUT2D eigenvalue weighted by atomic mass is 10.1. The summed E-state index contributed by atoms with van der Waals surface area (Å²) in [7, 11) is -3.85. The minimum Gasteiger partial charge on any atom is -0.392 e. The highest BCUT2D eigenvalue weighted by atomic mass is 32.2. The number of aromatic amines is 1. The van der Waals surface area contributed by atoms with Crippen LogP contribution in [0.25, 0.3) is 0 Å². The highest BCUT2D eigenvalue weighted by molar-refractivity contribution is 7.89. The number of H-pyrrole nitrogens is 1. The van der Waals surface area contributed by atoms with Crippen LogP contribution in [0.15, 0.2) is 52.4 Å². The van der Waals surface area contributed by atoms with E-state index >= 15 is 0 Å². The number of rotatable bonds is 5. The fourth-order valence-electron chi connectivity index (χ4n) is 1.63. The van der Waals surface area contributed by atoms with Gasteiger partial charge in [-0.05, 0) is 11.1 Å². The van der Waals surface area contributed by atoms with Gasteiger partial charge in [0, 0.05) is 25.0 Å². The van der Waals surface area contributed by atoms with E-state index in [9.17, 15) is 13.2 Å². The predicted molar refractivity (Wildman–Crippen MR) is 73.5 cm³/mol. The molecule has 2 aromatic rings. The Bertz CT molecular complexity index is 735. The van der Waals surface area contributed by atoms with Gasteiger partial charge in [-0.25, -0.2) is 13.1 Å². The zero-order valence-corrected chi connectivity index (χ0v) is 11.4. The number of nitrogens with one attached hydrogen (secondary N) is 2. The van der Waals surface area contributed by atoms with Crippen molar-refractivity contribution >= 4 is 10.0 Å². The van der Waals surface area contributed by atoms with Gasteiger partial charge in [-0.3, -0.25) is 4.79 Å². The van der Waals surface area contributed by atoms with Crippen LogP contribution in [0, 0.1) is 0 Å². The quantitative estimate of drug-likeness (QED) is 0.740. The Labute approximate surface area is 116 Å². The molecule has 7 heteroatoms. The molecule has 3 N–H and O–H groups in total. The van der Waals surface area contributed by atoms with Crippen LogP contribution in [-0.4, -0.2) is 18.5 Å². The van der Waals surface area contributed by atoms with Crippen molar-refractivity contribution in [2.75, 3.05) is 0 Å². The Balaban J connectivity index is 2.13. The van der Waals surface area contributed by atoms with Crippen LogP contribution in [0.4, 0.5) is 0 Å². The molecule has 0 amide bonds. The lowest BCUT2D eigenvalue weighted by molar-refractivity contribution is 0.282. The Morgan fingerprint density at radius 2 is 1.75 bits per heavy atom. The molecule has 0 radical (unpaired) electrons. The molecule has 2 rings (SSSR count). The largest absolute Gasteiger partial charge is 0.392 e. The lowest BCUT2D eigenvalue weighted by Gasteiger charge is -2.06. The summed E-state index contributed by atoms with van der Waals surface area (Å²) in [5.74, 6) is 0. The van der Waals surface area contributed by atoms with Gasteiger partial charge in [0.2, 0.25) is 15.5 Å². The molecule has 1 heterocycles. The molecule has 20 heavy (non-hydrogen) atoms. The maximum absolute atomic E-state index is 12.0. The summed E-state index contributed by atoms with van der Waals surface area (Å²) in [5.41, 5.74) is 0.918. The molecule has 0 aliphatic heterocycles. The highest BCUT2D eigenvalue weighted by Crippen LogP contribution is 2.06. The molecule has 1 aromatic carbocycles. The van der Waals surface area contributed by atoms with Crippen molar-refractivity contribution in [2.24, 2.45) is 0 Å². The highest BCUT2D eigenvalue weighted by Gasteiger charge is 2.16. The Morgan fingerprint density at radius 3 is 2.35 bits per heavy atom. The standard InChI is InChI=1S/C13H14N2O4S/c16-9-11-3-1-10(2-4-11)7-15-20(18,19)13-8-14-6-5-12(13)17/h1-6,8,15-16H,7,9H2,(H,14,17). The fourth-order valence-corrected chi connectivity index (χ4v) is 2.70. The average Bonchev–Trinajstić information content (AvgIpc) is 2.46. The van der Waals surface area contributed by atoms with Gasteiger partial charge in [-0.15, -0.1) is 0 Å². The molecular weight excluding hydrogens is 280 g/mol. The molecule has 0 aliphatic rings. The fraction of sp³-hybridized carbons (Fsp3) is 0.154. The summed E-state index contributed by atoms with van der Waals surface area (Å²) < 4.78 is 26.3. The second-order valence-electron chi connectivity index (χ2n) is 4.17. The smallest absolute Gasteiger partial charge is 0.246 e. The first kappa shape index (κ1) is 14.4. The third-order valence-corrected chi connectivity index (χ3v) is 4.17. The SMILES string of the molecule is O=c1cc[nH]cc1S(=O)(=O)NCc1ccc(CO)cc1. The molecule has 0 saturated carbocycles. The van der Waals surface area contributed by atoms with Gasteiger partial charge in [0.25, 0.3) is 0 Å². The number of pyridine rings is 1. The molecule has 106 valence electrons.